The molecule has 0 fully saturated rings. The molecule has 0 saturated heterocycles. The third-order valence-corrected chi connectivity index (χ3v) is 3.95. The summed E-state index contributed by atoms with van der Waals surface area (Å²) in [5.74, 6) is 0.497. The van der Waals surface area contributed by atoms with Crippen LogP contribution in [-0.4, -0.2) is 12.0 Å². The summed E-state index contributed by atoms with van der Waals surface area (Å²) < 4.78 is 5.66. The van der Waals surface area contributed by atoms with Crippen LogP contribution in [0, 0.1) is 13.8 Å². The molecule has 0 saturated carbocycles. The standard InChI is InChI=1S/C18H20ClNO2/c1-12-6-4-5-7-15(12)11-20-18(21)14(3)22-16-8-9-17(19)13(2)10-16/h4-10,14H,11H2,1-3H3,(H,20,21). The van der Waals surface area contributed by atoms with E-state index in [0.29, 0.717) is 17.3 Å². The Kier molecular flexibility index (Phi) is 5.45. The molecule has 1 unspecified atom stereocenters. The minimum Gasteiger partial charge on any atom is -0.481 e. The number of hydrogen-bond donors (Lipinski definition) is 1. The molecule has 2 aromatic carbocycles. The number of amides is 1. The zero-order valence-electron chi connectivity index (χ0n) is 13.0. The van der Waals surface area contributed by atoms with Crippen molar-refractivity contribution in [3.63, 3.8) is 0 Å². The Hall–Kier alpha value is -2.00. The van der Waals surface area contributed by atoms with E-state index in [0.717, 1.165) is 16.7 Å². The molecule has 116 valence electrons. The van der Waals surface area contributed by atoms with Crippen LogP contribution < -0.4 is 10.1 Å². The predicted molar refractivity (Wildman–Crippen MR) is 89.3 cm³/mol. The van der Waals surface area contributed by atoms with Crippen LogP contribution in [0.25, 0.3) is 0 Å². The second-order valence-corrected chi connectivity index (χ2v) is 5.72. The molecule has 2 rings (SSSR count). The van der Waals surface area contributed by atoms with E-state index in [-0.39, 0.29) is 5.91 Å². The van der Waals surface area contributed by atoms with Gasteiger partial charge in [0.2, 0.25) is 0 Å². The van der Waals surface area contributed by atoms with Crippen molar-refractivity contribution in [3.05, 3.63) is 64.2 Å². The lowest BCUT2D eigenvalue weighted by molar-refractivity contribution is -0.127. The molecule has 4 heteroatoms. The van der Waals surface area contributed by atoms with Crippen LogP contribution in [0.15, 0.2) is 42.5 Å². The topological polar surface area (TPSA) is 38.3 Å². The zero-order valence-corrected chi connectivity index (χ0v) is 13.8. The molecule has 0 aromatic heterocycles. The molecular formula is C18H20ClNO2. The minimum absolute atomic E-state index is 0.143. The summed E-state index contributed by atoms with van der Waals surface area (Å²) in [5.41, 5.74) is 3.18. The van der Waals surface area contributed by atoms with Crippen LogP contribution in [0.5, 0.6) is 5.75 Å². The normalized spacial score (nSPS) is 11.8. The number of hydrogen-bond acceptors (Lipinski definition) is 2. The van der Waals surface area contributed by atoms with Crippen molar-refractivity contribution >= 4 is 17.5 Å². The first-order chi connectivity index (χ1) is 10.5. The Labute approximate surface area is 136 Å². The number of nitrogens with one attached hydrogen (secondary N) is 1. The highest BCUT2D eigenvalue weighted by Crippen LogP contribution is 2.21. The number of rotatable bonds is 5. The first-order valence-corrected chi connectivity index (χ1v) is 7.60. The Balaban J connectivity index is 1.92. The lowest BCUT2D eigenvalue weighted by atomic mass is 10.1. The number of benzene rings is 2. The van der Waals surface area contributed by atoms with Crippen LogP contribution in [0.3, 0.4) is 0 Å². The monoisotopic (exact) mass is 317 g/mol. The maximum absolute atomic E-state index is 12.1. The second kappa shape index (κ2) is 7.32. The molecular weight excluding hydrogens is 298 g/mol. The van der Waals surface area contributed by atoms with Crippen molar-refractivity contribution < 1.29 is 9.53 Å². The summed E-state index contributed by atoms with van der Waals surface area (Å²) in [5, 5.41) is 3.58. The first-order valence-electron chi connectivity index (χ1n) is 7.22. The smallest absolute Gasteiger partial charge is 0.261 e. The average molecular weight is 318 g/mol. The molecule has 2 aromatic rings. The molecule has 1 atom stereocenters. The lowest BCUT2D eigenvalue weighted by Gasteiger charge is -2.16. The minimum atomic E-state index is -0.565. The number of carbonyl (C=O) groups is 1. The molecule has 0 aliphatic rings. The largest absolute Gasteiger partial charge is 0.481 e. The van der Waals surface area contributed by atoms with E-state index < -0.39 is 6.10 Å². The van der Waals surface area contributed by atoms with Gasteiger partial charge in [0.1, 0.15) is 5.75 Å². The molecule has 1 amide bonds. The Morgan fingerprint density at radius 1 is 1.18 bits per heavy atom. The molecule has 3 nitrogen and oxygen atoms in total. The molecule has 0 aliphatic heterocycles. The van der Waals surface area contributed by atoms with Gasteiger partial charge in [-0.3, -0.25) is 4.79 Å². The van der Waals surface area contributed by atoms with Crippen LogP contribution in [0.4, 0.5) is 0 Å². The van der Waals surface area contributed by atoms with Crippen molar-refractivity contribution in [2.75, 3.05) is 0 Å². The van der Waals surface area contributed by atoms with E-state index >= 15 is 0 Å². The van der Waals surface area contributed by atoms with Crippen LogP contribution >= 0.6 is 11.6 Å². The van der Waals surface area contributed by atoms with Gasteiger partial charge in [-0.2, -0.15) is 0 Å². The number of carbonyl (C=O) groups excluding carboxylic acids is 1. The van der Waals surface area contributed by atoms with Gasteiger partial charge in [0, 0.05) is 11.6 Å². The third-order valence-electron chi connectivity index (χ3n) is 3.53. The van der Waals surface area contributed by atoms with Gasteiger partial charge in [-0.05, 0) is 55.7 Å². The Bertz CT molecular complexity index is 670. The highest BCUT2D eigenvalue weighted by molar-refractivity contribution is 6.31. The highest BCUT2D eigenvalue weighted by Gasteiger charge is 2.14. The lowest BCUT2D eigenvalue weighted by Crippen LogP contribution is -2.36. The fraction of sp³-hybridized carbons (Fsp3) is 0.278. The van der Waals surface area contributed by atoms with E-state index in [4.69, 9.17) is 16.3 Å². The number of ether oxygens (including phenoxy) is 1. The maximum Gasteiger partial charge on any atom is 0.261 e. The predicted octanol–water partition coefficient (Wildman–Crippen LogP) is 4.04. The van der Waals surface area contributed by atoms with E-state index in [1.165, 1.54) is 0 Å². The summed E-state index contributed by atoms with van der Waals surface area (Å²) >= 11 is 5.98. The molecule has 0 bridgehead atoms. The van der Waals surface area contributed by atoms with Gasteiger partial charge < -0.3 is 10.1 Å². The zero-order chi connectivity index (χ0) is 16.1. The Morgan fingerprint density at radius 2 is 1.91 bits per heavy atom. The number of halogens is 1. The molecule has 1 N–H and O–H groups in total. The summed E-state index contributed by atoms with van der Waals surface area (Å²) in [7, 11) is 0. The van der Waals surface area contributed by atoms with Gasteiger partial charge in [-0.1, -0.05) is 35.9 Å². The molecule has 0 heterocycles. The molecule has 0 spiro atoms. The van der Waals surface area contributed by atoms with Crippen LogP contribution in [0.2, 0.25) is 5.02 Å². The summed E-state index contributed by atoms with van der Waals surface area (Å²) in [6.07, 6.45) is -0.565. The first kappa shape index (κ1) is 16.4. The second-order valence-electron chi connectivity index (χ2n) is 5.32. The van der Waals surface area contributed by atoms with Crippen molar-refractivity contribution in [1.82, 2.24) is 5.32 Å². The SMILES string of the molecule is Cc1cc(OC(C)C(=O)NCc2ccccc2C)ccc1Cl. The van der Waals surface area contributed by atoms with Gasteiger partial charge in [0.05, 0.1) is 0 Å². The fourth-order valence-electron chi connectivity index (χ4n) is 2.08. The van der Waals surface area contributed by atoms with E-state index in [1.807, 2.05) is 44.2 Å². The van der Waals surface area contributed by atoms with Gasteiger partial charge >= 0.3 is 0 Å². The van der Waals surface area contributed by atoms with E-state index in [1.54, 1.807) is 19.1 Å². The Morgan fingerprint density at radius 3 is 2.59 bits per heavy atom. The van der Waals surface area contributed by atoms with E-state index in [9.17, 15) is 4.79 Å². The van der Waals surface area contributed by atoms with Gasteiger partial charge in [-0.25, -0.2) is 0 Å². The molecule has 22 heavy (non-hydrogen) atoms. The van der Waals surface area contributed by atoms with Crippen LogP contribution in [-0.2, 0) is 11.3 Å². The maximum atomic E-state index is 12.1. The van der Waals surface area contributed by atoms with Crippen molar-refractivity contribution in [1.29, 1.82) is 0 Å². The molecule has 0 aliphatic carbocycles. The summed E-state index contributed by atoms with van der Waals surface area (Å²) in [6.45, 7) is 6.16. The van der Waals surface area contributed by atoms with Crippen LogP contribution in [0.1, 0.15) is 23.6 Å². The third kappa shape index (κ3) is 4.25. The van der Waals surface area contributed by atoms with Gasteiger partial charge in [0.25, 0.3) is 5.91 Å². The van der Waals surface area contributed by atoms with Crippen molar-refractivity contribution in [3.8, 4) is 5.75 Å². The average Bonchev–Trinajstić information content (AvgIpc) is 2.50. The highest BCUT2D eigenvalue weighted by atomic mass is 35.5. The number of aryl methyl sites for hydroxylation is 2. The summed E-state index contributed by atoms with van der Waals surface area (Å²) in [4.78, 5) is 12.1. The summed E-state index contributed by atoms with van der Waals surface area (Å²) in [6, 6.07) is 13.3. The molecule has 0 radical (unpaired) electrons. The fourth-order valence-corrected chi connectivity index (χ4v) is 2.20. The van der Waals surface area contributed by atoms with Crippen molar-refractivity contribution in [2.45, 2.75) is 33.4 Å². The quantitative estimate of drug-likeness (QED) is 0.903. The van der Waals surface area contributed by atoms with Crippen molar-refractivity contribution in [2.24, 2.45) is 0 Å². The van der Waals surface area contributed by atoms with Gasteiger partial charge in [0.15, 0.2) is 6.10 Å². The van der Waals surface area contributed by atoms with Gasteiger partial charge in [-0.15, -0.1) is 0 Å². The van der Waals surface area contributed by atoms with E-state index in [2.05, 4.69) is 5.32 Å².